The molecule has 6 nitrogen and oxygen atoms in total. The maximum atomic E-state index is 11.4. The van der Waals surface area contributed by atoms with Crippen molar-refractivity contribution in [3.05, 3.63) is 0 Å². The maximum Gasteiger partial charge on any atom is 0.475 e. The summed E-state index contributed by atoms with van der Waals surface area (Å²) in [6, 6.07) is 0. The normalized spacial score (nSPS) is 13.7. The first-order valence-electron chi connectivity index (χ1n) is 4.05. The summed E-state index contributed by atoms with van der Waals surface area (Å²) in [6.07, 6.45) is -0.985. The molecule has 0 aromatic rings. The van der Waals surface area contributed by atoms with Gasteiger partial charge in [0.05, 0.1) is 6.61 Å². The third kappa shape index (κ3) is 4.19. The first-order chi connectivity index (χ1) is 6.49. The summed E-state index contributed by atoms with van der Waals surface area (Å²) in [4.78, 5) is 11.1. The molecule has 0 aromatic heterocycles. The van der Waals surface area contributed by atoms with E-state index in [2.05, 4.69) is 13.8 Å². The second-order valence-electron chi connectivity index (χ2n) is 2.31. The lowest BCUT2D eigenvalue weighted by Gasteiger charge is -2.17. The number of phosphoric acid groups is 1. The van der Waals surface area contributed by atoms with Gasteiger partial charge in [0.25, 0.3) is 0 Å². The molecule has 0 radical (unpaired) electrons. The zero-order valence-electron chi connectivity index (χ0n) is 8.68. The molecular weight excluding hydrogens is 211 g/mol. The van der Waals surface area contributed by atoms with Crippen molar-refractivity contribution in [2.75, 3.05) is 20.8 Å². The Morgan fingerprint density at radius 2 is 1.86 bits per heavy atom. The van der Waals surface area contributed by atoms with Crippen LogP contribution in [0.5, 0.6) is 0 Å². The molecule has 0 amide bonds. The quantitative estimate of drug-likeness (QED) is 0.503. The topological polar surface area (TPSA) is 71.1 Å². The Kier molecular flexibility index (Phi) is 5.95. The minimum atomic E-state index is -3.62. The van der Waals surface area contributed by atoms with E-state index >= 15 is 0 Å². The lowest BCUT2D eigenvalue weighted by atomic mass is 10.4. The van der Waals surface area contributed by atoms with Gasteiger partial charge in [-0.1, -0.05) is 0 Å². The second-order valence-corrected chi connectivity index (χ2v) is 4.15. The van der Waals surface area contributed by atoms with Crippen LogP contribution in [0, 0.1) is 0 Å². The summed E-state index contributed by atoms with van der Waals surface area (Å²) in [6.45, 7) is 3.30. The van der Waals surface area contributed by atoms with Crippen LogP contribution in [-0.2, 0) is 27.7 Å². The highest BCUT2D eigenvalue weighted by atomic mass is 31.2. The number of esters is 1. The highest BCUT2D eigenvalue weighted by Gasteiger charge is 2.29. The van der Waals surface area contributed by atoms with Gasteiger partial charge in [0.2, 0.25) is 0 Å². The molecule has 0 aliphatic heterocycles. The van der Waals surface area contributed by atoms with Crippen molar-refractivity contribution in [1.29, 1.82) is 0 Å². The number of carbonyl (C=O) groups excluding carboxylic acids is 1. The molecule has 0 N–H and O–H groups in total. The van der Waals surface area contributed by atoms with E-state index in [0.717, 1.165) is 0 Å². The number of hydrogen-bond donors (Lipinski definition) is 0. The first kappa shape index (κ1) is 13.6. The van der Waals surface area contributed by atoms with Crippen LogP contribution in [0.2, 0.25) is 0 Å². The summed E-state index contributed by atoms with van der Waals surface area (Å²) in [7, 11) is -1.28. The molecule has 0 rings (SSSR count). The maximum absolute atomic E-state index is 11.4. The van der Waals surface area contributed by atoms with Crippen molar-refractivity contribution in [2.45, 2.75) is 20.0 Å². The molecule has 0 spiro atoms. The van der Waals surface area contributed by atoms with E-state index in [1.54, 1.807) is 6.92 Å². The molecule has 1 atom stereocenters. The van der Waals surface area contributed by atoms with Gasteiger partial charge in [0.15, 0.2) is 6.10 Å². The van der Waals surface area contributed by atoms with Crippen LogP contribution in [0.3, 0.4) is 0 Å². The van der Waals surface area contributed by atoms with Crippen molar-refractivity contribution < 1.29 is 27.7 Å². The van der Waals surface area contributed by atoms with Crippen LogP contribution < -0.4 is 0 Å². The van der Waals surface area contributed by atoms with Crippen LogP contribution >= 0.6 is 7.82 Å². The lowest BCUT2D eigenvalue weighted by molar-refractivity contribution is -0.151. The molecule has 0 saturated carbocycles. The van der Waals surface area contributed by atoms with E-state index in [0.29, 0.717) is 0 Å². The Labute approximate surface area is 83.1 Å². The molecular formula is C7H15O6P. The zero-order chi connectivity index (χ0) is 11.2. The van der Waals surface area contributed by atoms with Gasteiger partial charge in [-0.05, 0) is 13.8 Å². The Morgan fingerprint density at radius 3 is 2.21 bits per heavy atom. The third-order valence-electron chi connectivity index (χ3n) is 1.35. The van der Waals surface area contributed by atoms with Gasteiger partial charge in [-0.3, -0.25) is 13.6 Å². The minimum Gasteiger partial charge on any atom is -0.464 e. The number of ether oxygens (including phenoxy) is 1. The van der Waals surface area contributed by atoms with Crippen molar-refractivity contribution in [2.24, 2.45) is 0 Å². The fourth-order valence-corrected chi connectivity index (χ4v) is 1.45. The summed E-state index contributed by atoms with van der Waals surface area (Å²) in [5, 5.41) is 0. The molecule has 84 valence electrons. The number of carbonyl (C=O) groups is 1. The molecule has 0 bridgehead atoms. The van der Waals surface area contributed by atoms with Crippen LogP contribution in [0.15, 0.2) is 0 Å². The zero-order valence-corrected chi connectivity index (χ0v) is 9.58. The summed E-state index contributed by atoms with van der Waals surface area (Å²) in [5.74, 6) is -0.609. The van der Waals surface area contributed by atoms with Gasteiger partial charge >= 0.3 is 13.8 Å². The number of hydrogen-bond acceptors (Lipinski definition) is 6. The average molecular weight is 226 g/mol. The Balaban J connectivity index is 4.22. The van der Waals surface area contributed by atoms with Crippen molar-refractivity contribution in [3.8, 4) is 0 Å². The summed E-state index contributed by atoms with van der Waals surface area (Å²) >= 11 is 0. The fourth-order valence-electron chi connectivity index (χ4n) is 0.657. The molecule has 0 fully saturated rings. The molecule has 1 unspecified atom stereocenters. The average Bonchev–Trinajstić information content (AvgIpc) is 2.18. The molecule has 7 heteroatoms. The predicted molar refractivity (Wildman–Crippen MR) is 48.8 cm³/mol. The standard InChI is InChI=1S/C7H15O6P/c1-5-12-7(8)6(2)13-14(9,10-3)11-4/h6H,5H2,1-4H3. The molecule has 0 aliphatic carbocycles. The SMILES string of the molecule is CCOC(=O)C(C)OP(=O)(OC)OC. The van der Waals surface area contributed by atoms with Gasteiger partial charge in [-0.25, -0.2) is 9.36 Å². The van der Waals surface area contributed by atoms with Crippen LogP contribution in [0.1, 0.15) is 13.8 Å². The van der Waals surface area contributed by atoms with E-state index in [-0.39, 0.29) is 6.61 Å². The van der Waals surface area contributed by atoms with E-state index in [1.807, 2.05) is 0 Å². The van der Waals surface area contributed by atoms with Crippen molar-refractivity contribution in [1.82, 2.24) is 0 Å². The van der Waals surface area contributed by atoms with Gasteiger partial charge in [0.1, 0.15) is 0 Å². The molecule has 0 aliphatic rings. The van der Waals surface area contributed by atoms with Crippen LogP contribution in [-0.4, -0.2) is 32.9 Å². The lowest BCUT2D eigenvalue weighted by Crippen LogP contribution is -2.22. The largest absolute Gasteiger partial charge is 0.475 e. The monoisotopic (exact) mass is 226 g/mol. The fraction of sp³-hybridized carbons (Fsp3) is 0.857. The highest BCUT2D eigenvalue weighted by molar-refractivity contribution is 7.48. The van der Waals surface area contributed by atoms with Crippen LogP contribution in [0.4, 0.5) is 0 Å². The van der Waals surface area contributed by atoms with Gasteiger partial charge < -0.3 is 4.74 Å². The Morgan fingerprint density at radius 1 is 1.36 bits per heavy atom. The van der Waals surface area contributed by atoms with Gasteiger partial charge in [-0.15, -0.1) is 0 Å². The third-order valence-corrected chi connectivity index (χ3v) is 2.82. The van der Waals surface area contributed by atoms with Gasteiger partial charge in [-0.2, -0.15) is 0 Å². The molecule has 0 aromatic carbocycles. The van der Waals surface area contributed by atoms with Gasteiger partial charge in [0, 0.05) is 14.2 Å². The Bertz CT molecular complexity index is 220. The summed E-state index contributed by atoms with van der Waals surface area (Å²) in [5.41, 5.74) is 0. The summed E-state index contributed by atoms with van der Waals surface area (Å²) < 4.78 is 29.8. The minimum absolute atomic E-state index is 0.233. The molecule has 0 heterocycles. The first-order valence-corrected chi connectivity index (χ1v) is 5.51. The Hall–Kier alpha value is -0.420. The number of phosphoric ester groups is 1. The van der Waals surface area contributed by atoms with Crippen molar-refractivity contribution in [3.63, 3.8) is 0 Å². The van der Waals surface area contributed by atoms with E-state index in [4.69, 9.17) is 4.52 Å². The highest BCUT2D eigenvalue weighted by Crippen LogP contribution is 2.48. The van der Waals surface area contributed by atoms with Crippen molar-refractivity contribution >= 4 is 13.8 Å². The van der Waals surface area contributed by atoms with E-state index < -0.39 is 19.9 Å². The van der Waals surface area contributed by atoms with E-state index in [1.165, 1.54) is 21.1 Å². The van der Waals surface area contributed by atoms with E-state index in [9.17, 15) is 9.36 Å². The predicted octanol–water partition coefficient (Wildman–Crippen LogP) is 1.36. The smallest absolute Gasteiger partial charge is 0.464 e. The van der Waals surface area contributed by atoms with Crippen LogP contribution in [0.25, 0.3) is 0 Å². The molecule has 14 heavy (non-hydrogen) atoms. The molecule has 0 saturated heterocycles. The second kappa shape index (κ2) is 6.14. The number of rotatable bonds is 6.